The number of aryl methyl sites for hydroxylation is 1. The molecule has 4 nitrogen and oxygen atoms in total. The van der Waals surface area contributed by atoms with Gasteiger partial charge in [0.15, 0.2) is 5.13 Å². The highest BCUT2D eigenvalue weighted by Crippen LogP contribution is 2.23. The number of halogens is 1. The van der Waals surface area contributed by atoms with Gasteiger partial charge in [0.2, 0.25) is 0 Å². The Kier molecular flexibility index (Phi) is 6.26. The first-order chi connectivity index (χ1) is 12.6. The van der Waals surface area contributed by atoms with Crippen molar-refractivity contribution in [2.45, 2.75) is 19.9 Å². The topological polar surface area (TPSA) is 54.0 Å². The van der Waals surface area contributed by atoms with E-state index in [0.29, 0.717) is 16.4 Å². The van der Waals surface area contributed by atoms with Crippen molar-refractivity contribution in [2.24, 2.45) is 0 Å². The number of thiazole rings is 1. The van der Waals surface area contributed by atoms with E-state index in [1.54, 1.807) is 0 Å². The van der Waals surface area contributed by atoms with E-state index in [1.807, 2.05) is 49.4 Å². The molecule has 0 aliphatic rings. The number of anilines is 1. The van der Waals surface area contributed by atoms with Crippen LogP contribution in [-0.4, -0.2) is 17.4 Å². The van der Waals surface area contributed by atoms with E-state index in [0.717, 1.165) is 29.4 Å². The van der Waals surface area contributed by atoms with Crippen LogP contribution < -0.4 is 10.6 Å². The quantitative estimate of drug-likeness (QED) is 0.620. The van der Waals surface area contributed by atoms with Crippen molar-refractivity contribution in [3.05, 3.63) is 81.3 Å². The van der Waals surface area contributed by atoms with Crippen molar-refractivity contribution in [1.29, 1.82) is 0 Å². The number of aromatic nitrogens is 1. The molecule has 0 aliphatic heterocycles. The van der Waals surface area contributed by atoms with Gasteiger partial charge in [0, 0.05) is 18.1 Å². The van der Waals surface area contributed by atoms with Gasteiger partial charge in [-0.25, -0.2) is 4.98 Å². The minimum Gasteiger partial charge on any atom is -0.361 e. The van der Waals surface area contributed by atoms with Gasteiger partial charge in [-0.2, -0.15) is 0 Å². The minimum absolute atomic E-state index is 0.129. The number of rotatable bonds is 7. The zero-order valence-corrected chi connectivity index (χ0v) is 16.0. The summed E-state index contributed by atoms with van der Waals surface area (Å²) >= 11 is 7.50. The Labute approximate surface area is 162 Å². The van der Waals surface area contributed by atoms with Crippen LogP contribution in [0.25, 0.3) is 0 Å². The summed E-state index contributed by atoms with van der Waals surface area (Å²) in [5.41, 5.74) is 2.89. The molecule has 0 saturated carbocycles. The van der Waals surface area contributed by atoms with Gasteiger partial charge >= 0.3 is 0 Å². The molecule has 0 saturated heterocycles. The van der Waals surface area contributed by atoms with Gasteiger partial charge in [-0.15, -0.1) is 0 Å². The first kappa shape index (κ1) is 18.4. The molecule has 134 valence electrons. The van der Waals surface area contributed by atoms with Crippen molar-refractivity contribution < 1.29 is 4.79 Å². The van der Waals surface area contributed by atoms with Gasteiger partial charge in [0.1, 0.15) is 4.88 Å². The predicted octanol–water partition coefficient (Wildman–Crippen LogP) is 4.69. The number of amides is 1. The molecule has 6 heteroatoms. The normalized spacial score (nSPS) is 10.5. The summed E-state index contributed by atoms with van der Waals surface area (Å²) in [5.74, 6) is -0.129. The van der Waals surface area contributed by atoms with Crippen LogP contribution in [0.4, 0.5) is 5.13 Å². The van der Waals surface area contributed by atoms with E-state index >= 15 is 0 Å². The van der Waals surface area contributed by atoms with Gasteiger partial charge in [-0.1, -0.05) is 71.5 Å². The molecule has 0 radical (unpaired) electrons. The van der Waals surface area contributed by atoms with Crippen molar-refractivity contribution >= 4 is 34.0 Å². The number of hydrogen-bond acceptors (Lipinski definition) is 4. The largest absolute Gasteiger partial charge is 0.361 e. The van der Waals surface area contributed by atoms with Crippen LogP contribution in [0, 0.1) is 6.92 Å². The van der Waals surface area contributed by atoms with E-state index in [-0.39, 0.29) is 5.91 Å². The van der Waals surface area contributed by atoms with Crippen LogP contribution in [0.2, 0.25) is 5.02 Å². The maximum Gasteiger partial charge on any atom is 0.263 e. The van der Waals surface area contributed by atoms with Crippen LogP contribution in [0.1, 0.15) is 26.5 Å². The molecule has 1 aromatic heterocycles. The highest BCUT2D eigenvalue weighted by Gasteiger charge is 2.15. The van der Waals surface area contributed by atoms with Crippen LogP contribution in [-0.2, 0) is 13.0 Å². The summed E-state index contributed by atoms with van der Waals surface area (Å²) in [4.78, 5) is 17.5. The SMILES string of the molecule is Cc1nc(NCCc2ccccc2)sc1C(=O)NCc1ccccc1Cl. The van der Waals surface area contributed by atoms with Gasteiger partial charge in [0.25, 0.3) is 5.91 Å². The van der Waals surface area contributed by atoms with Gasteiger partial charge in [0.05, 0.1) is 5.69 Å². The van der Waals surface area contributed by atoms with Crippen LogP contribution >= 0.6 is 22.9 Å². The zero-order chi connectivity index (χ0) is 18.4. The Bertz CT molecular complexity index is 880. The van der Waals surface area contributed by atoms with Crippen LogP contribution in [0.5, 0.6) is 0 Å². The van der Waals surface area contributed by atoms with Crippen molar-refractivity contribution in [2.75, 3.05) is 11.9 Å². The molecule has 0 aliphatic carbocycles. The Morgan fingerprint density at radius 3 is 2.62 bits per heavy atom. The molecule has 0 atom stereocenters. The molecule has 3 rings (SSSR count). The fraction of sp³-hybridized carbons (Fsp3) is 0.200. The van der Waals surface area contributed by atoms with Gasteiger partial charge < -0.3 is 10.6 Å². The molecule has 0 unspecified atom stereocenters. The predicted molar refractivity (Wildman–Crippen MR) is 108 cm³/mol. The number of benzene rings is 2. The van der Waals surface area contributed by atoms with E-state index < -0.39 is 0 Å². The maximum absolute atomic E-state index is 12.4. The lowest BCUT2D eigenvalue weighted by atomic mass is 10.2. The second-order valence-electron chi connectivity index (χ2n) is 5.87. The fourth-order valence-corrected chi connectivity index (χ4v) is 3.65. The lowest BCUT2D eigenvalue weighted by Gasteiger charge is -2.06. The second kappa shape index (κ2) is 8.83. The number of carbonyl (C=O) groups excluding carboxylic acids is 1. The number of nitrogens with zero attached hydrogens (tertiary/aromatic N) is 1. The average molecular weight is 386 g/mol. The molecule has 2 aromatic carbocycles. The Balaban J connectivity index is 1.55. The van der Waals surface area contributed by atoms with Gasteiger partial charge in [-0.3, -0.25) is 4.79 Å². The molecule has 1 amide bonds. The summed E-state index contributed by atoms with van der Waals surface area (Å²) < 4.78 is 0. The molecular formula is C20H20ClN3OS. The fourth-order valence-electron chi connectivity index (χ4n) is 2.54. The lowest BCUT2D eigenvalue weighted by molar-refractivity contribution is 0.0954. The van der Waals surface area contributed by atoms with E-state index in [1.165, 1.54) is 16.9 Å². The third-order valence-electron chi connectivity index (χ3n) is 3.93. The van der Waals surface area contributed by atoms with Crippen molar-refractivity contribution in [3.63, 3.8) is 0 Å². The van der Waals surface area contributed by atoms with Crippen molar-refractivity contribution in [3.8, 4) is 0 Å². The maximum atomic E-state index is 12.4. The standard InChI is InChI=1S/C20H20ClN3OS/c1-14-18(19(25)23-13-16-9-5-6-10-17(16)21)26-20(24-14)22-12-11-15-7-3-2-4-8-15/h2-10H,11-13H2,1H3,(H,22,24)(H,23,25). The molecule has 0 fully saturated rings. The summed E-state index contributed by atoms with van der Waals surface area (Å²) in [6, 6.07) is 17.8. The number of nitrogens with one attached hydrogen (secondary N) is 2. The Morgan fingerprint density at radius 1 is 1.12 bits per heavy atom. The van der Waals surface area contributed by atoms with Crippen LogP contribution in [0.15, 0.2) is 54.6 Å². The average Bonchev–Trinajstić information content (AvgIpc) is 3.02. The highest BCUT2D eigenvalue weighted by molar-refractivity contribution is 7.17. The number of hydrogen-bond donors (Lipinski definition) is 2. The molecule has 3 aromatic rings. The molecule has 26 heavy (non-hydrogen) atoms. The summed E-state index contributed by atoms with van der Waals surface area (Å²) in [6.07, 6.45) is 0.910. The third kappa shape index (κ3) is 4.84. The molecule has 0 spiro atoms. The smallest absolute Gasteiger partial charge is 0.263 e. The molecular weight excluding hydrogens is 366 g/mol. The lowest BCUT2D eigenvalue weighted by Crippen LogP contribution is -2.22. The first-order valence-corrected chi connectivity index (χ1v) is 9.60. The molecule has 1 heterocycles. The monoisotopic (exact) mass is 385 g/mol. The third-order valence-corrected chi connectivity index (χ3v) is 5.42. The Morgan fingerprint density at radius 2 is 1.85 bits per heavy atom. The Hall–Kier alpha value is -2.37. The van der Waals surface area contributed by atoms with Crippen LogP contribution in [0.3, 0.4) is 0 Å². The second-order valence-corrected chi connectivity index (χ2v) is 7.28. The number of carbonyl (C=O) groups is 1. The molecule has 2 N–H and O–H groups in total. The van der Waals surface area contributed by atoms with E-state index in [2.05, 4.69) is 27.8 Å². The summed E-state index contributed by atoms with van der Waals surface area (Å²) in [7, 11) is 0. The van der Waals surface area contributed by atoms with Gasteiger partial charge in [-0.05, 0) is 30.5 Å². The minimum atomic E-state index is -0.129. The first-order valence-electron chi connectivity index (χ1n) is 8.40. The summed E-state index contributed by atoms with van der Waals surface area (Å²) in [5, 5.41) is 7.63. The molecule has 0 bridgehead atoms. The van der Waals surface area contributed by atoms with E-state index in [4.69, 9.17) is 11.6 Å². The summed E-state index contributed by atoms with van der Waals surface area (Å²) in [6.45, 7) is 3.02. The van der Waals surface area contributed by atoms with E-state index in [9.17, 15) is 4.79 Å². The highest BCUT2D eigenvalue weighted by atomic mass is 35.5. The zero-order valence-electron chi connectivity index (χ0n) is 14.5. The van der Waals surface area contributed by atoms with Crippen molar-refractivity contribution in [1.82, 2.24) is 10.3 Å².